The van der Waals surface area contributed by atoms with Crippen LogP contribution in [0.2, 0.25) is 0 Å². The number of carbonyl (C=O) groups is 1. The second-order valence-corrected chi connectivity index (χ2v) is 8.65. The van der Waals surface area contributed by atoms with E-state index >= 15 is 0 Å². The molecule has 3 rings (SSSR count). The van der Waals surface area contributed by atoms with Gasteiger partial charge in [-0.25, -0.2) is 17.8 Å². The molecule has 1 fully saturated rings. The fourth-order valence-electron chi connectivity index (χ4n) is 3.22. The predicted molar refractivity (Wildman–Crippen MR) is 100 cm³/mol. The zero-order chi connectivity index (χ0) is 19.4. The predicted octanol–water partition coefficient (Wildman–Crippen LogP) is 3.43. The van der Waals surface area contributed by atoms with E-state index in [9.17, 15) is 17.6 Å². The van der Waals surface area contributed by atoms with Crippen molar-refractivity contribution >= 4 is 21.7 Å². The lowest BCUT2D eigenvalue weighted by atomic mass is 9.96. The molecule has 0 radical (unpaired) electrons. The van der Waals surface area contributed by atoms with Crippen molar-refractivity contribution < 1.29 is 17.6 Å². The van der Waals surface area contributed by atoms with Gasteiger partial charge in [-0.05, 0) is 49.2 Å². The van der Waals surface area contributed by atoms with E-state index in [2.05, 4.69) is 10.3 Å². The van der Waals surface area contributed by atoms with E-state index in [1.54, 1.807) is 7.05 Å². The van der Waals surface area contributed by atoms with Gasteiger partial charge in [-0.2, -0.15) is 4.31 Å². The van der Waals surface area contributed by atoms with Crippen molar-refractivity contribution in [3.8, 4) is 0 Å². The topological polar surface area (TPSA) is 79.4 Å². The van der Waals surface area contributed by atoms with Gasteiger partial charge in [0.25, 0.3) is 5.91 Å². The minimum absolute atomic E-state index is 0.0243. The summed E-state index contributed by atoms with van der Waals surface area (Å²) < 4.78 is 39.9. The number of carbonyl (C=O) groups excluding carboxylic acids is 1. The summed E-state index contributed by atoms with van der Waals surface area (Å²) in [7, 11) is -1.98. The van der Waals surface area contributed by atoms with Gasteiger partial charge in [0.05, 0.1) is 11.1 Å². The number of sulfonamides is 1. The highest BCUT2D eigenvalue weighted by atomic mass is 32.2. The summed E-state index contributed by atoms with van der Waals surface area (Å²) in [5, 5.41) is 2.54. The molecule has 2 aromatic rings. The third-order valence-corrected chi connectivity index (χ3v) is 6.78. The number of nitrogens with one attached hydrogen (secondary N) is 1. The van der Waals surface area contributed by atoms with E-state index in [1.165, 1.54) is 40.7 Å². The first-order valence-electron chi connectivity index (χ1n) is 8.89. The zero-order valence-electron chi connectivity index (χ0n) is 15.1. The number of hydrogen-bond donors (Lipinski definition) is 1. The minimum atomic E-state index is -3.60. The molecule has 8 heteroatoms. The van der Waals surface area contributed by atoms with Crippen LogP contribution in [0.15, 0.2) is 47.5 Å². The van der Waals surface area contributed by atoms with E-state index in [-0.39, 0.29) is 16.8 Å². The maximum absolute atomic E-state index is 12.9. The fourth-order valence-corrected chi connectivity index (χ4v) is 4.64. The van der Waals surface area contributed by atoms with Crippen molar-refractivity contribution in [2.45, 2.75) is 43.0 Å². The fraction of sp³-hybridized carbons (Fsp3) is 0.368. The van der Waals surface area contributed by atoms with Gasteiger partial charge in [0, 0.05) is 18.7 Å². The summed E-state index contributed by atoms with van der Waals surface area (Å²) in [4.78, 5) is 16.2. The molecule has 1 saturated carbocycles. The maximum Gasteiger partial charge on any atom is 0.256 e. The van der Waals surface area contributed by atoms with E-state index in [1.807, 2.05) is 0 Å². The normalized spacial score (nSPS) is 15.7. The molecule has 1 amide bonds. The first-order valence-corrected chi connectivity index (χ1v) is 10.3. The highest BCUT2D eigenvalue weighted by Crippen LogP contribution is 2.26. The second-order valence-electron chi connectivity index (χ2n) is 6.65. The average Bonchev–Trinajstić information content (AvgIpc) is 2.70. The van der Waals surface area contributed by atoms with Crippen molar-refractivity contribution in [1.29, 1.82) is 0 Å². The van der Waals surface area contributed by atoms with Crippen LogP contribution < -0.4 is 5.32 Å². The summed E-state index contributed by atoms with van der Waals surface area (Å²) in [5.41, 5.74) is 0.292. The van der Waals surface area contributed by atoms with Gasteiger partial charge in [-0.3, -0.25) is 4.79 Å². The zero-order valence-corrected chi connectivity index (χ0v) is 15.9. The van der Waals surface area contributed by atoms with Gasteiger partial charge >= 0.3 is 0 Å². The average molecular weight is 391 g/mol. The Morgan fingerprint density at radius 2 is 1.78 bits per heavy atom. The summed E-state index contributed by atoms with van der Waals surface area (Å²) in [6.07, 6.45) is 5.99. The number of anilines is 1. The molecule has 0 bridgehead atoms. The van der Waals surface area contributed by atoms with Crippen LogP contribution in [0.3, 0.4) is 0 Å². The van der Waals surface area contributed by atoms with Crippen molar-refractivity contribution in [1.82, 2.24) is 9.29 Å². The summed E-state index contributed by atoms with van der Waals surface area (Å²) in [6.45, 7) is 0. The third kappa shape index (κ3) is 4.51. The first-order chi connectivity index (χ1) is 12.9. The summed E-state index contributed by atoms with van der Waals surface area (Å²) in [6, 6.07) is 8.35. The molecule has 6 nitrogen and oxygen atoms in total. The van der Waals surface area contributed by atoms with Crippen LogP contribution in [0.1, 0.15) is 42.5 Å². The van der Waals surface area contributed by atoms with Crippen LogP contribution in [0.4, 0.5) is 10.2 Å². The van der Waals surface area contributed by atoms with Crippen LogP contribution in [0.5, 0.6) is 0 Å². The van der Waals surface area contributed by atoms with Crippen molar-refractivity contribution in [3.05, 3.63) is 54.0 Å². The van der Waals surface area contributed by atoms with Gasteiger partial charge in [0.15, 0.2) is 0 Å². The molecule has 0 atom stereocenters. The van der Waals surface area contributed by atoms with E-state index in [0.717, 1.165) is 38.3 Å². The van der Waals surface area contributed by atoms with Crippen LogP contribution in [0.25, 0.3) is 0 Å². The molecule has 1 heterocycles. The summed E-state index contributed by atoms with van der Waals surface area (Å²) in [5.74, 6) is -0.724. The van der Waals surface area contributed by atoms with Crippen LogP contribution in [-0.2, 0) is 10.0 Å². The van der Waals surface area contributed by atoms with Crippen molar-refractivity contribution in [2.24, 2.45) is 0 Å². The Bertz CT molecular complexity index is 893. The molecule has 27 heavy (non-hydrogen) atoms. The Balaban J connectivity index is 1.71. The monoisotopic (exact) mass is 391 g/mol. The number of hydrogen-bond acceptors (Lipinski definition) is 4. The van der Waals surface area contributed by atoms with E-state index < -0.39 is 21.7 Å². The first kappa shape index (κ1) is 19.4. The highest BCUT2D eigenvalue weighted by Gasteiger charge is 2.29. The molecule has 1 aliphatic carbocycles. The number of rotatable bonds is 5. The lowest BCUT2D eigenvalue weighted by Gasteiger charge is -2.30. The Labute approximate surface area is 158 Å². The molecular formula is C19H22FN3O3S. The lowest BCUT2D eigenvalue weighted by Crippen LogP contribution is -2.38. The standard InChI is InChI=1S/C19H22FN3O3S/c1-23(16-5-3-2-4-6-16)27(25,26)17-10-7-14(8-11-17)19(24)22-18-12-9-15(20)13-21-18/h7-13,16H,2-6H2,1H3,(H,21,22,24). The Hall–Kier alpha value is -2.32. The molecular weight excluding hydrogens is 369 g/mol. The quantitative estimate of drug-likeness (QED) is 0.847. The Kier molecular flexibility index (Phi) is 5.86. The third-order valence-electron chi connectivity index (χ3n) is 4.85. The molecule has 0 unspecified atom stereocenters. The number of amides is 1. The Morgan fingerprint density at radius 3 is 2.37 bits per heavy atom. The largest absolute Gasteiger partial charge is 0.307 e. The molecule has 1 aromatic heterocycles. The van der Waals surface area contributed by atoms with Gasteiger partial charge in [0.1, 0.15) is 11.6 Å². The SMILES string of the molecule is CN(C1CCCCC1)S(=O)(=O)c1ccc(C(=O)Nc2ccc(F)cn2)cc1. The lowest BCUT2D eigenvalue weighted by molar-refractivity contribution is 0.102. The molecule has 144 valence electrons. The molecule has 1 N–H and O–H groups in total. The second kappa shape index (κ2) is 8.14. The number of pyridine rings is 1. The van der Waals surface area contributed by atoms with Crippen LogP contribution >= 0.6 is 0 Å². The molecule has 0 aliphatic heterocycles. The maximum atomic E-state index is 12.9. The number of halogens is 1. The number of aromatic nitrogens is 1. The molecule has 1 aliphatic rings. The number of benzene rings is 1. The van der Waals surface area contributed by atoms with Gasteiger partial charge < -0.3 is 5.32 Å². The molecule has 1 aromatic carbocycles. The van der Waals surface area contributed by atoms with E-state index in [4.69, 9.17) is 0 Å². The van der Waals surface area contributed by atoms with Crippen molar-refractivity contribution in [3.63, 3.8) is 0 Å². The van der Waals surface area contributed by atoms with Gasteiger partial charge in [-0.1, -0.05) is 19.3 Å². The highest BCUT2D eigenvalue weighted by molar-refractivity contribution is 7.89. The molecule has 0 spiro atoms. The van der Waals surface area contributed by atoms with Gasteiger partial charge in [-0.15, -0.1) is 0 Å². The number of nitrogens with zero attached hydrogens (tertiary/aromatic N) is 2. The smallest absolute Gasteiger partial charge is 0.256 e. The van der Waals surface area contributed by atoms with Gasteiger partial charge in [0.2, 0.25) is 10.0 Å². The van der Waals surface area contributed by atoms with Crippen LogP contribution in [-0.4, -0.2) is 36.7 Å². The minimum Gasteiger partial charge on any atom is -0.307 e. The molecule has 0 saturated heterocycles. The Morgan fingerprint density at radius 1 is 1.11 bits per heavy atom. The van der Waals surface area contributed by atoms with Crippen LogP contribution in [0, 0.1) is 5.82 Å². The van der Waals surface area contributed by atoms with E-state index in [0.29, 0.717) is 5.56 Å². The summed E-state index contributed by atoms with van der Waals surface area (Å²) >= 11 is 0. The van der Waals surface area contributed by atoms with Crippen molar-refractivity contribution in [2.75, 3.05) is 12.4 Å².